The van der Waals surface area contributed by atoms with Crippen LogP contribution in [0.2, 0.25) is 10.0 Å². The summed E-state index contributed by atoms with van der Waals surface area (Å²) in [5.41, 5.74) is 2.08. The lowest BCUT2D eigenvalue weighted by atomic mass is 10.1. The van der Waals surface area contributed by atoms with Crippen molar-refractivity contribution in [2.75, 3.05) is 31.6 Å². The molecule has 0 bridgehead atoms. The Labute approximate surface area is 176 Å². The molecule has 2 aromatic heterocycles. The highest BCUT2D eigenvalue weighted by Crippen LogP contribution is 2.23. The van der Waals surface area contributed by atoms with Crippen LogP contribution in [0.1, 0.15) is 16.1 Å². The second-order valence-corrected chi connectivity index (χ2v) is 7.46. The van der Waals surface area contributed by atoms with Crippen LogP contribution in [-0.2, 0) is 11.3 Å². The molecule has 1 aromatic carbocycles. The van der Waals surface area contributed by atoms with E-state index in [0.29, 0.717) is 59.8 Å². The number of amides is 1. The molecule has 3 heterocycles. The third-order valence-corrected chi connectivity index (χ3v) is 5.18. The van der Waals surface area contributed by atoms with Gasteiger partial charge in [-0.3, -0.25) is 14.0 Å². The zero-order valence-electron chi connectivity index (χ0n) is 15.4. The fourth-order valence-electron chi connectivity index (χ4n) is 3.14. The molecular weight excluding hydrogens is 415 g/mol. The summed E-state index contributed by atoms with van der Waals surface area (Å²) in [7, 11) is 0. The molecule has 1 aliphatic rings. The molecule has 1 saturated heterocycles. The van der Waals surface area contributed by atoms with Gasteiger partial charge in [-0.2, -0.15) is 0 Å². The van der Waals surface area contributed by atoms with Crippen molar-refractivity contribution in [2.24, 2.45) is 0 Å². The van der Waals surface area contributed by atoms with E-state index in [9.17, 15) is 9.59 Å². The summed E-state index contributed by atoms with van der Waals surface area (Å²) in [6.07, 6.45) is 1.54. The van der Waals surface area contributed by atoms with Gasteiger partial charge in [-0.25, -0.2) is 4.98 Å². The molecule has 0 radical (unpaired) electrons. The van der Waals surface area contributed by atoms with Crippen molar-refractivity contribution >= 4 is 40.4 Å². The number of nitrogens with one attached hydrogen (secondary N) is 1. The minimum absolute atomic E-state index is 0.104. The quantitative estimate of drug-likeness (QED) is 0.685. The highest BCUT2D eigenvalue weighted by atomic mass is 35.5. The zero-order valence-corrected chi connectivity index (χ0v) is 16.9. The van der Waals surface area contributed by atoms with E-state index in [-0.39, 0.29) is 11.5 Å². The second kappa shape index (κ2) is 8.41. The summed E-state index contributed by atoms with van der Waals surface area (Å²) >= 11 is 12.3. The van der Waals surface area contributed by atoms with Crippen molar-refractivity contribution in [1.29, 1.82) is 0 Å². The van der Waals surface area contributed by atoms with Gasteiger partial charge in [0.1, 0.15) is 5.65 Å². The Bertz CT molecular complexity index is 1130. The van der Waals surface area contributed by atoms with Crippen molar-refractivity contribution in [1.82, 2.24) is 14.3 Å². The minimum Gasteiger partial charge on any atom is -0.379 e. The average Bonchev–Trinajstić information content (AvgIpc) is 2.73. The van der Waals surface area contributed by atoms with Crippen LogP contribution in [-0.4, -0.2) is 46.5 Å². The molecule has 0 spiro atoms. The Morgan fingerprint density at radius 3 is 2.69 bits per heavy atom. The van der Waals surface area contributed by atoms with E-state index in [4.69, 9.17) is 27.9 Å². The van der Waals surface area contributed by atoms with Crippen LogP contribution in [0, 0.1) is 0 Å². The van der Waals surface area contributed by atoms with E-state index in [0.717, 1.165) is 5.69 Å². The lowest BCUT2D eigenvalue weighted by molar-refractivity contribution is 0.0303. The van der Waals surface area contributed by atoms with Gasteiger partial charge in [0, 0.05) is 31.0 Å². The molecule has 0 atom stereocenters. The molecule has 1 fully saturated rings. The highest BCUT2D eigenvalue weighted by molar-refractivity contribution is 6.34. The number of halogens is 2. The molecule has 0 saturated carbocycles. The van der Waals surface area contributed by atoms with Crippen LogP contribution in [0.4, 0.5) is 5.69 Å². The van der Waals surface area contributed by atoms with Crippen molar-refractivity contribution < 1.29 is 9.53 Å². The molecule has 0 unspecified atom stereocenters. The maximum absolute atomic E-state index is 12.6. The average molecular weight is 433 g/mol. The molecule has 1 amide bonds. The molecule has 4 rings (SSSR count). The van der Waals surface area contributed by atoms with E-state index in [1.807, 2.05) is 0 Å². The number of rotatable bonds is 4. The summed E-state index contributed by atoms with van der Waals surface area (Å²) < 4.78 is 6.67. The molecule has 9 heteroatoms. The first kappa shape index (κ1) is 19.7. The SMILES string of the molecule is O=C(c1ccc(NCc2cc(=O)n3cc(Cl)ccc3n2)cc1Cl)N1CCOCC1. The number of morpholine rings is 1. The molecule has 150 valence electrons. The number of carbonyl (C=O) groups is 1. The maximum atomic E-state index is 12.6. The van der Waals surface area contributed by atoms with E-state index >= 15 is 0 Å². The van der Waals surface area contributed by atoms with Crippen LogP contribution < -0.4 is 10.9 Å². The number of fused-ring (bicyclic) bond motifs is 1. The van der Waals surface area contributed by atoms with Gasteiger partial charge in [0.2, 0.25) is 0 Å². The number of benzene rings is 1. The topological polar surface area (TPSA) is 75.9 Å². The van der Waals surface area contributed by atoms with Crippen LogP contribution in [0.15, 0.2) is 47.4 Å². The Balaban J connectivity index is 1.48. The van der Waals surface area contributed by atoms with Gasteiger partial charge in [0.05, 0.1) is 41.1 Å². The fraction of sp³-hybridized carbons (Fsp3) is 0.250. The Morgan fingerprint density at radius 2 is 1.93 bits per heavy atom. The van der Waals surface area contributed by atoms with Gasteiger partial charge in [0.15, 0.2) is 0 Å². The molecule has 7 nitrogen and oxygen atoms in total. The molecule has 3 aromatic rings. The summed E-state index contributed by atoms with van der Waals surface area (Å²) in [5.74, 6) is -0.104. The zero-order chi connectivity index (χ0) is 20.4. The molecule has 1 aliphatic heterocycles. The first-order valence-electron chi connectivity index (χ1n) is 9.09. The molecule has 0 aliphatic carbocycles. The van der Waals surface area contributed by atoms with Crippen molar-refractivity contribution in [3.63, 3.8) is 0 Å². The summed E-state index contributed by atoms with van der Waals surface area (Å²) in [6, 6.07) is 10.0. The Hall–Kier alpha value is -2.61. The number of carbonyl (C=O) groups excluding carboxylic acids is 1. The minimum atomic E-state index is -0.209. The largest absolute Gasteiger partial charge is 0.379 e. The lowest BCUT2D eigenvalue weighted by Gasteiger charge is -2.27. The molecular formula is C20H18Cl2N4O3. The van der Waals surface area contributed by atoms with E-state index in [1.54, 1.807) is 35.2 Å². The summed E-state index contributed by atoms with van der Waals surface area (Å²) in [6.45, 7) is 2.52. The van der Waals surface area contributed by atoms with E-state index < -0.39 is 0 Å². The second-order valence-electron chi connectivity index (χ2n) is 6.61. The van der Waals surface area contributed by atoms with E-state index in [1.165, 1.54) is 16.7 Å². The van der Waals surface area contributed by atoms with Gasteiger partial charge >= 0.3 is 0 Å². The Morgan fingerprint density at radius 1 is 1.14 bits per heavy atom. The smallest absolute Gasteiger partial charge is 0.258 e. The number of ether oxygens (including phenoxy) is 1. The number of aromatic nitrogens is 2. The van der Waals surface area contributed by atoms with Crippen LogP contribution in [0.3, 0.4) is 0 Å². The predicted octanol–water partition coefficient (Wildman–Crippen LogP) is 3.09. The van der Waals surface area contributed by atoms with Crippen LogP contribution in [0.5, 0.6) is 0 Å². The normalized spacial score (nSPS) is 14.2. The number of pyridine rings is 1. The third kappa shape index (κ3) is 4.37. The van der Waals surface area contributed by atoms with Gasteiger partial charge in [-0.15, -0.1) is 0 Å². The Kier molecular flexibility index (Phi) is 5.71. The van der Waals surface area contributed by atoms with Gasteiger partial charge in [0.25, 0.3) is 11.5 Å². The predicted molar refractivity (Wildman–Crippen MR) is 112 cm³/mol. The number of hydrogen-bond acceptors (Lipinski definition) is 5. The first-order chi connectivity index (χ1) is 14.0. The van der Waals surface area contributed by atoms with Crippen molar-refractivity contribution in [3.8, 4) is 0 Å². The molecule has 1 N–H and O–H groups in total. The number of nitrogens with zero attached hydrogens (tertiary/aromatic N) is 3. The van der Waals surface area contributed by atoms with Crippen molar-refractivity contribution in [3.05, 3.63) is 74.3 Å². The van der Waals surface area contributed by atoms with Crippen LogP contribution >= 0.6 is 23.2 Å². The van der Waals surface area contributed by atoms with E-state index in [2.05, 4.69) is 10.3 Å². The maximum Gasteiger partial charge on any atom is 0.258 e. The molecule has 29 heavy (non-hydrogen) atoms. The fourth-order valence-corrected chi connectivity index (χ4v) is 3.57. The number of anilines is 1. The number of hydrogen-bond donors (Lipinski definition) is 1. The summed E-state index contributed by atoms with van der Waals surface area (Å²) in [4.78, 5) is 31.0. The lowest BCUT2D eigenvalue weighted by Crippen LogP contribution is -2.40. The van der Waals surface area contributed by atoms with Crippen molar-refractivity contribution in [2.45, 2.75) is 6.54 Å². The third-order valence-electron chi connectivity index (χ3n) is 4.65. The monoisotopic (exact) mass is 432 g/mol. The van der Waals surface area contributed by atoms with Gasteiger partial charge in [-0.05, 0) is 30.3 Å². The van der Waals surface area contributed by atoms with Gasteiger partial charge in [-0.1, -0.05) is 23.2 Å². The first-order valence-corrected chi connectivity index (χ1v) is 9.85. The van der Waals surface area contributed by atoms with Crippen LogP contribution in [0.25, 0.3) is 5.65 Å². The highest BCUT2D eigenvalue weighted by Gasteiger charge is 2.20. The van der Waals surface area contributed by atoms with Gasteiger partial charge < -0.3 is 15.0 Å². The summed E-state index contributed by atoms with van der Waals surface area (Å²) in [5, 5.41) is 4.02. The standard InChI is InChI=1S/C20H18Cl2N4O3/c21-13-1-4-18-24-15(10-19(27)26(18)12-13)11-23-14-2-3-16(17(22)9-14)20(28)25-5-7-29-8-6-25/h1-4,9-10,12,23H,5-8,11H2.